The number of carbonyl (C=O) groups is 1. The quantitative estimate of drug-likeness (QED) is 0.704. The maximum absolute atomic E-state index is 11.6. The van der Waals surface area contributed by atoms with Gasteiger partial charge in [-0.25, -0.2) is 0 Å². The lowest BCUT2D eigenvalue weighted by atomic mass is 9.80. The van der Waals surface area contributed by atoms with Crippen LogP contribution in [0.2, 0.25) is 0 Å². The first-order valence-corrected chi connectivity index (χ1v) is 6.12. The standard InChI is InChI=1S/C13H22N2O/c1-3-6-12(14)13(16)15-9-11-8-5-4-7-10(11)2/h1,10-12H,4-9,14H2,2H3,(H,15,16). The van der Waals surface area contributed by atoms with Crippen molar-refractivity contribution in [1.29, 1.82) is 0 Å². The molecule has 1 aliphatic rings. The van der Waals surface area contributed by atoms with Crippen LogP contribution < -0.4 is 11.1 Å². The summed E-state index contributed by atoms with van der Waals surface area (Å²) < 4.78 is 0. The first-order chi connectivity index (χ1) is 7.65. The molecule has 1 rings (SSSR count). The van der Waals surface area contributed by atoms with Crippen LogP contribution >= 0.6 is 0 Å². The molecular formula is C13H22N2O. The monoisotopic (exact) mass is 222 g/mol. The molecule has 0 aromatic rings. The van der Waals surface area contributed by atoms with Crippen LogP contribution in [0.5, 0.6) is 0 Å². The Morgan fingerprint density at radius 1 is 1.56 bits per heavy atom. The fraction of sp³-hybridized carbons (Fsp3) is 0.769. The van der Waals surface area contributed by atoms with E-state index in [-0.39, 0.29) is 5.91 Å². The van der Waals surface area contributed by atoms with E-state index >= 15 is 0 Å². The largest absolute Gasteiger partial charge is 0.354 e. The summed E-state index contributed by atoms with van der Waals surface area (Å²) in [5.41, 5.74) is 5.62. The van der Waals surface area contributed by atoms with E-state index in [4.69, 9.17) is 12.2 Å². The van der Waals surface area contributed by atoms with Gasteiger partial charge in [0.1, 0.15) is 0 Å². The Morgan fingerprint density at radius 3 is 2.88 bits per heavy atom. The van der Waals surface area contributed by atoms with Gasteiger partial charge in [-0.15, -0.1) is 12.3 Å². The average Bonchev–Trinajstić information content (AvgIpc) is 2.28. The summed E-state index contributed by atoms with van der Waals surface area (Å²) >= 11 is 0. The van der Waals surface area contributed by atoms with Gasteiger partial charge in [-0.2, -0.15) is 0 Å². The minimum absolute atomic E-state index is 0.115. The van der Waals surface area contributed by atoms with Crippen molar-refractivity contribution in [3.63, 3.8) is 0 Å². The van der Waals surface area contributed by atoms with Gasteiger partial charge in [0.05, 0.1) is 6.04 Å². The van der Waals surface area contributed by atoms with E-state index in [9.17, 15) is 4.79 Å². The van der Waals surface area contributed by atoms with Crippen LogP contribution in [0.15, 0.2) is 0 Å². The van der Waals surface area contributed by atoms with Gasteiger partial charge in [-0.3, -0.25) is 4.79 Å². The molecule has 3 heteroatoms. The van der Waals surface area contributed by atoms with Gasteiger partial charge < -0.3 is 11.1 Å². The zero-order chi connectivity index (χ0) is 12.0. The summed E-state index contributed by atoms with van der Waals surface area (Å²) in [6.07, 6.45) is 10.5. The zero-order valence-electron chi connectivity index (χ0n) is 10.0. The molecule has 3 nitrogen and oxygen atoms in total. The van der Waals surface area contributed by atoms with Gasteiger partial charge in [0.25, 0.3) is 0 Å². The lowest BCUT2D eigenvalue weighted by molar-refractivity contribution is -0.122. The molecule has 1 saturated carbocycles. The SMILES string of the molecule is C#CCC(N)C(=O)NCC1CCCCC1C. The number of hydrogen-bond donors (Lipinski definition) is 2. The fourth-order valence-electron chi connectivity index (χ4n) is 2.28. The molecule has 0 radical (unpaired) electrons. The predicted octanol–water partition coefficient (Wildman–Crippen LogP) is 1.28. The van der Waals surface area contributed by atoms with Crippen molar-refractivity contribution in [2.45, 2.75) is 45.1 Å². The molecule has 90 valence electrons. The molecule has 0 aromatic carbocycles. The Kier molecular flexibility index (Phi) is 5.34. The second kappa shape index (κ2) is 6.55. The van der Waals surface area contributed by atoms with Gasteiger partial charge in [0.2, 0.25) is 5.91 Å². The van der Waals surface area contributed by atoms with Gasteiger partial charge in [-0.05, 0) is 18.3 Å². The zero-order valence-corrected chi connectivity index (χ0v) is 10.0. The highest BCUT2D eigenvalue weighted by molar-refractivity contribution is 5.81. The van der Waals surface area contributed by atoms with Crippen LogP contribution in [-0.2, 0) is 4.79 Å². The summed E-state index contributed by atoms with van der Waals surface area (Å²) in [6, 6.07) is -0.552. The summed E-state index contributed by atoms with van der Waals surface area (Å²) in [5.74, 6) is 3.61. The summed E-state index contributed by atoms with van der Waals surface area (Å²) in [6.45, 7) is 3.01. The molecule has 0 aromatic heterocycles. The molecule has 0 bridgehead atoms. The second-order valence-electron chi connectivity index (χ2n) is 4.78. The minimum Gasteiger partial charge on any atom is -0.354 e. The molecule has 0 spiro atoms. The highest BCUT2D eigenvalue weighted by Gasteiger charge is 2.22. The van der Waals surface area contributed by atoms with Gasteiger partial charge >= 0.3 is 0 Å². The summed E-state index contributed by atoms with van der Waals surface area (Å²) in [5, 5.41) is 2.91. The lowest BCUT2D eigenvalue weighted by Crippen LogP contribution is -2.43. The van der Waals surface area contributed by atoms with Gasteiger partial charge in [-0.1, -0.05) is 26.2 Å². The topological polar surface area (TPSA) is 55.1 Å². The third-order valence-electron chi connectivity index (χ3n) is 3.50. The van der Waals surface area contributed by atoms with E-state index in [1.165, 1.54) is 25.7 Å². The normalized spacial score (nSPS) is 26.8. The number of nitrogens with one attached hydrogen (secondary N) is 1. The number of terminal acetylenes is 1. The Balaban J connectivity index is 2.28. The molecule has 1 fully saturated rings. The Hall–Kier alpha value is -1.01. The lowest BCUT2D eigenvalue weighted by Gasteiger charge is -2.29. The number of hydrogen-bond acceptors (Lipinski definition) is 2. The molecular weight excluding hydrogens is 200 g/mol. The third kappa shape index (κ3) is 3.86. The Bertz CT molecular complexity index is 270. The number of nitrogens with two attached hydrogens (primary N) is 1. The predicted molar refractivity (Wildman–Crippen MR) is 65.6 cm³/mol. The first kappa shape index (κ1) is 13.1. The van der Waals surface area contributed by atoms with Crippen LogP contribution in [-0.4, -0.2) is 18.5 Å². The van der Waals surface area contributed by atoms with Crippen LogP contribution in [0.4, 0.5) is 0 Å². The molecule has 3 atom stereocenters. The maximum Gasteiger partial charge on any atom is 0.237 e. The van der Waals surface area contributed by atoms with Crippen LogP contribution in [0.25, 0.3) is 0 Å². The first-order valence-electron chi connectivity index (χ1n) is 6.12. The molecule has 1 aliphatic carbocycles. The van der Waals surface area contributed by atoms with E-state index in [0.29, 0.717) is 18.3 Å². The molecule has 3 unspecified atom stereocenters. The Morgan fingerprint density at radius 2 is 2.25 bits per heavy atom. The van der Waals surface area contributed by atoms with Crippen LogP contribution in [0.3, 0.4) is 0 Å². The summed E-state index contributed by atoms with van der Waals surface area (Å²) in [7, 11) is 0. The number of rotatable bonds is 4. The molecule has 1 amide bonds. The van der Waals surface area contributed by atoms with Crippen molar-refractivity contribution in [3.8, 4) is 12.3 Å². The van der Waals surface area contributed by atoms with Crippen molar-refractivity contribution < 1.29 is 4.79 Å². The number of carbonyl (C=O) groups excluding carboxylic acids is 1. The van der Waals surface area contributed by atoms with E-state index < -0.39 is 6.04 Å². The molecule has 16 heavy (non-hydrogen) atoms. The maximum atomic E-state index is 11.6. The highest BCUT2D eigenvalue weighted by atomic mass is 16.2. The molecule has 0 aliphatic heterocycles. The van der Waals surface area contributed by atoms with Crippen molar-refractivity contribution in [3.05, 3.63) is 0 Å². The smallest absolute Gasteiger partial charge is 0.237 e. The van der Waals surface area contributed by atoms with E-state index in [2.05, 4.69) is 18.2 Å². The van der Waals surface area contributed by atoms with Gasteiger partial charge in [0.15, 0.2) is 0 Å². The highest BCUT2D eigenvalue weighted by Crippen LogP contribution is 2.28. The summed E-state index contributed by atoms with van der Waals surface area (Å²) in [4.78, 5) is 11.6. The molecule has 0 saturated heterocycles. The van der Waals surface area contributed by atoms with E-state index in [0.717, 1.165) is 6.54 Å². The van der Waals surface area contributed by atoms with Crippen LogP contribution in [0, 0.1) is 24.2 Å². The van der Waals surface area contributed by atoms with E-state index in [1.54, 1.807) is 0 Å². The average molecular weight is 222 g/mol. The van der Waals surface area contributed by atoms with Crippen molar-refractivity contribution >= 4 is 5.91 Å². The fourth-order valence-corrected chi connectivity index (χ4v) is 2.28. The molecule has 3 N–H and O–H groups in total. The molecule has 0 heterocycles. The van der Waals surface area contributed by atoms with Crippen LogP contribution in [0.1, 0.15) is 39.0 Å². The van der Waals surface area contributed by atoms with Gasteiger partial charge in [0, 0.05) is 13.0 Å². The third-order valence-corrected chi connectivity index (χ3v) is 3.50. The second-order valence-corrected chi connectivity index (χ2v) is 4.78. The number of amides is 1. The van der Waals surface area contributed by atoms with E-state index in [1.807, 2.05) is 0 Å². The van der Waals surface area contributed by atoms with Crippen molar-refractivity contribution in [2.75, 3.05) is 6.54 Å². The van der Waals surface area contributed by atoms with Crippen molar-refractivity contribution in [2.24, 2.45) is 17.6 Å². The van der Waals surface area contributed by atoms with Crippen molar-refractivity contribution in [1.82, 2.24) is 5.32 Å². The Labute approximate surface area is 98.2 Å². The minimum atomic E-state index is -0.552.